The summed E-state index contributed by atoms with van der Waals surface area (Å²) in [5.41, 5.74) is 15.8. The highest BCUT2D eigenvalue weighted by Gasteiger charge is 2.31. The van der Waals surface area contributed by atoms with Crippen molar-refractivity contribution in [3.8, 4) is 0 Å². The van der Waals surface area contributed by atoms with Gasteiger partial charge in [-0.05, 0) is 67.3 Å². The van der Waals surface area contributed by atoms with Crippen molar-refractivity contribution in [3.63, 3.8) is 0 Å². The van der Waals surface area contributed by atoms with Gasteiger partial charge in [0.15, 0.2) is 0 Å². The van der Waals surface area contributed by atoms with Crippen LogP contribution in [-0.2, 0) is 45.6 Å². The lowest BCUT2D eigenvalue weighted by Gasteiger charge is -2.21. The minimum atomic E-state index is -0.673. The molecule has 10 heteroatoms. The Kier molecular flexibility index (Phi) is 9.32. The topological polar surface area (TPSA) is 151 Å². The summed E-state index contributed by atoms with van der Waals surface area (Å²) in [7, 11) is 1.71. The molecule has 1 aliphatic rings. The van der Waals surface area contributed by atoms with Gasteiger partial charge in [0.05, 0.1) is 24.2 Å². The van der Waals surface area contributed by atoms with E-state index in [1.165, 1.54) is 10.1 Å². The van der Waals surface area contributed by atoms with Crippen LogP contribution in [0.1, 0.15) is 61.3 Å². The minimum Gasteiger partial charge on any atom is -0.375 e. The van der Waals surface area contributed by atoms with Gasteiger partial charge >= 0.3 is 5.69 Å². The van der Waals surface area contributed by atoms with E-state index in [1.807, 2.05) is 18.2 Å². The number of nitrogens with one attached hydrogen (secondary N) is 1. The van der Waals surface area contributed by atoms with Crippen LogP contribution in [0.15, 0.2) is 47.3 Å². The number of nitrogens with two attached hydrogens (primary N) is 2. The van der Waals surface area contributed by atoms with Gasteiger partial charge in [0.2, 0.25) is 17.7 Å². The molecule has 1 unspecified atom stereocenters. The molecule has 1 saturated heterocycles. The number of benzene rings is 2. The standard InChI is InChI=1S/C29H37N5O5/c1-33-25-16-20(10-12-23(25)34(29(33)38)24-13-15-27(36)32-28(24)37)5-3-2-4-19-6-8-21(9-7-19)17-39-18-22(30)11-14-26(31)35/h6-10,12,16,22,24H,2-5,11,13-15,17-18,30H2,1H3,(H2,31,35)(H,32,36,37)/t22-,24?/m0/s1. The summed E-state index contributed by atoms with van der Waals surface area (Å²) < 4.78 is 8.74. The maximum atomic E-state index is 12.9. The Labute approximate surface area is 227 Å². The number of piperidine rings is 1. The van der Waals surface area contributed by atoms with Crippen LogP contribution in [-0.4, -0.2) is 39.5 Å². The molecule has 0 bridgehead atoms. The van der Waals surface area contributed by atoms with Crippen LogP contribution >= 0.6 is 0 Å². The summed E-state index contributed by atoms with van der Waals surface area (Å²) in [6.45, 7) is 0.859. The van der Waals surface area contributed by atoms with Crippen LogP contribution in [0, 0.1) is 0 Å². The van der Waals surface area contributed by atoms with E-state index < -0.39 is 11.9 Å². The Morgan fingerprint density at radius 2 is 1.69 bits per heavy atom. The number of unbranched alkanes of at least 4 members (excludes halogenated alkanes) is 1. The number of imide groups is 1. The summed E-state index contributed by atoms with van der Waals surface area (Å²) in [4.78, 5) is 47.7. The fourth-order valence-electron chi connectivity index (χ4n) is 4.99. The van der Waals surface area contributed by atoms with Gasteiger partial charge in [0.25, 0.3) is 0 Å². The minimum absolute atomic E-state index is 0.201. The second-order valence-electron chi connectivity index (χ2n) is 10.3. The SMILES string of the molecule is Cn1c(=O)n(C2CCC(=O)NC2=O)c2ccc(CCCCc3ccc(COC[C@@H](N)CCC(N)=O)cc3)cc21. The average Bonchev–Trinajstić information content (AvgIpc) is 3.15. The number of nitrogens with zero attached hydrogens (tertiary/aromatic N) is 2. The number of amides is 3. The van der Waals surface area contributed by atoms with Crippen LogP contribution < -0.4 is 22.5 Å². The number of rotatable bonds is 13. The third-order valence-electron chi connectivity index (χ3n) is 7.24. The molecule has 0 radical (unpaired) electrons. The molecule has 10 nitrogen and oxygen atoms in total. The van der Waals surface area contributed by atoms with E-state index in [1.54, 1.807) is 11.6 Å². The van der Waals surface area contributed by atoms with E-state index in [0.717, 1.165) is 42.3 Å². The Morgan fingerprint density at radius 1 is 1.03 bits per heavy atom. The zero-order chi connectivity index (χ0) is 27.9. The van der Waals surface area contributed by atoms with Gasteiger partial charge in [-0.3, -0.25) is 28.8 Å². The van der Waals surface area contributed by atoms with Crippen LogP contribution in [0.5, 0.6) is 0 Å². The summed E-state index contributed by atoms with van der Waals surface area (Å²) in [6, 6.07) is 13.4. The molecule has 2 aromatic carbocycles. The van der Waals surface area contributed by atoms with Crippen molar-refractivity contribution in [3.05, 3.63) is 69.6 Å². The van der Waals surface area contributed by atoms with Gasteiger partial charge in [0, 0.05) is 25.9 Å². The van der Waals surface area contributed by atoms with Crippen molar-refractivity contribution in [1.82, 2.24) is 14.5 Å². The highest BCUT2D eigenvalue weighted by Crippen LogP contribution is 2.24. The summed E-state index contributed by atoms with van der Waals surface area (Å²) >= 11 is 0. The molecule has 3 amide bonds. The van der Waals surface area contributed by atoms with Gasteiger partial charge in [-0.2, -0.15) is 0 Å². The number of ether oxygens (including phenoxy) is 1. The Morgan fingerprint density at radius 3 is 2.38 bits per heavy atom. The van der Waals surface area contributed by atoms with E-state index in [2.05, 4.69) is 29.6 Å². The molecule has 5 N–H and O–H groups in total. The highest BCUT2D eigenvalue weighted by atomic mass is 16.5. The molecule has 2 atom stereocenters. The third-order valence-corrected chi connectivity index (χ3v) is 7.24. The van der Waals surface area contributed by atoms with E-state index in [0.29, 0.717) is 31.6 Å². The fourth-order valence-corrected chi connectivity index (χ4v) is 4.99. The fraction of sp³-hybridized carbons (Fsp3) is 0.448. The molecule has 1 aromatic heterocycles. The molecule has 1 aliphatic heterocycles. The van der Waals surface area contributed by atoms with Crippen molar-refractivity contribution in [2.24, 2.45) is 18.5 Å². The summed E-state index contributed by atoms with van der Waals surface area (Å²) in [5, 5.41) is 2.34. The monoisotopic (exact) mass is 535 g/mol. The normalized spacial score (nSPS) is 16.4. The number of fused-ring (bicyclic) bond motifs is 1. The molecule has 39 heavy (non-hydrogen) atoms. The Bertz CT molecular complexity index is 1390. The molecule has 208 valence electrons. The first-order valence-corrected chi connectivity index (χ1v) is 13.5. The molecule has 0 aliphatic carbocycles. The predicted molar refractivity (Wildman–Crippen MR) is 148 cm³/mol. The number of aryl methyl sites for hydroxylation is 3. The number of carbonyl (C=O) groups is 3. The molecule has 4 rings (SSSR count). The number of hydrogen-bond donors (Lipinski definition) is 3. The predicted octanol–water partition coefficient (Wildman–Crippen LogP) is 1.99. The largest absolute Gasteiger partial charge is 0.375 e. The van der Waals surface area contributed by atoms with Crippen molar-refractivity contribution in [2.45, 2.75) is 70.1 Å². The maximum Gasteiger partial charge on any atom is 0.329 e. The molecule has 0 saturated carbocycles. The second-order valence-corrected chi connectivity index (χ2v) is 10.3. The molecular weight excluding hydrogens is 498 g/mol. The van der Waals surface area contributed by atoms with E-state index in [4.69, 9.17) is 16.2 Å². The van der Waals surface area contributed by atoms with E-state index >= 15 is 0 Å². The van der Waals surface area contributed by atoms with Crippen molar-refractivity contribution in [2.75, 3.05) is 6.61 Å². The Balaban J connectivity index is 1.26. The smallest absolute Gasteiger partial charge is 0.329 e. The van der Waals surface area contributed by atoms with Crippen LogP contribution in [0.3, 0.4) is 0 Å². The Hall–Kier alpha value is -3.76. The van der Waals surface area contributed by atoms with E-state index in [9.17, 15) is 19.2 Å². The number of carbonyl (C=O) groups excluding carboxylic acids is 3. The second kappa shape index (κ2) is 12.9. The summed E-state index contributed by atoms with van der Waals surface area (Å²) in [5.74, 6) is -1.07. The zero-order valence-corrected chi connectivity index (χ0v) is 22.4. The molecule has 0 spiro atoms. The molecule has 1 fully saturated rings. The quantitative estimate of drug-likeness (QED) is 0.225. The maximum absolute atomic E-state index is 12.9. The van der Waals surface area contributed by atoms with Gasteiger partial charge < -0.3 is 16.2 Å². The van der Waals surface area contributed by atoms with Crippen molar-refractivity contribution >= 4 is 28.8 Å². The number of primary amides is 1. The third kappa shape index (κ3) is 7.21. The number of hydrogen-bond acceptors (Lipinski definition) is 6. The number of imidazole rings is 1. The van der Waals surface area contributed by atoms with Crippen LogP contribution in [0.4, 0.5) is 0 Å². The average molecular weight is 536 g/mol. The van der Waals surface area contributed by atoms with E-state index in [-0.39, 0.29) is 36.4 Å². The first-order valence-electron chi connectivity index (χ1n) is 13.5. The lowest BCUT2D eigenvalue weighted by molar-refractivity contribution is -0.135. The van der Waals surface area contributed by atoms with Crippen molar-refractivity contribution < 1.29 is 19.1 Å². The molecule has 2 heterocycles. The lowest BCUT2D eigenvalue weighted by atomic mass is 10.0. The first kappa shape index (κ1) is 28.3. The molecule has 3 aromatic rings. The summed E-state index contributed by atoms with van der Waals surface area (Å²) in [6.07, 6.45) is 5.22. The van der Waals surface area contributed by atoms with Crippen LogP contribution in [0.2, 0.25) is 0 Å². The van der Waals surface area contributed by atoms with Gasteiger partial charge in [0.1, 0.15) is 6.04 Å². The van der Waals surface area contributed by atoms with Crippen LogP contribution in [0.25, 0.3) is 11.0 Å². The van der Waals surface area contributed by atoms with Gasteiger partial charge in [-0.25, -0.2) is 4.79 Å². The molecular formula is C29H37N5O5. The lowest BCUT2D eigenvalue weighted by Crippen LogP contribution is -2.44. The van der Waals surface area contributed by atoms with Crippen molar-refractivity contribution in [1.29, 1.82) is 0 Å². The first-order chi connectivity index (χ1) is 18.7. The number of aromatic nitrogens is 2. The van der Waals surface area contributed by atoms with Gasteiger partial charge in [-0.15, -0.1) is 0 Å². The van der Waals surface area contributed by atoms with Gasteiger partial charge in [-0.1, -0.05) is 30.3 Å². The zero-order valence-electron chi connectivity index (χ0n) is 22.4. The highest BCUT2D eigenvalue weighted by molar-refractivity contribution is 6.00.